The fraction of sp³-hybridized carbons (Fsp3) is 0.429. The molecule has 0 spiro atoms. The summed E-state index contributed by atoms with van der Waals surface area (Å²) in [5.41, 5.74) is 2.54. The molecule has 1 aromatic heterocycles. The van der Waals surface area contributed by atoms with E-state index in [1.54, 1.807) is 6.33 Å². The van der Waals surface area contributed by atoms with Crippen LogP contribution >= 0.6 is 0 Å². The predicted octanol–water partition coefficient (Wildman–Crippen LogP) is 2.43. The van der Waals surface area contributed by atoms with Crippen molar-refractivity contribution in [2.75, 3.05) is 13.6 Å². The number of rotatable bonds is 3. The van der Waals surface area contributed by atoms with Crippen molar-refractivity contribution in [1.29, 1.82) is 0 Å². The molecule has 94 valence electrons. The Hall–Kier alpha value is -1.84. The second kappa shape index (κ2) is 4.44. The molecule has 3 rings (SSSR count). The van der Waals surface area contributed by atoms with Crippen LogP contribution in [-0.4, -0.2) is 34.4 Å². The van der Waals surface area contributed by atoms with Gasteiger partial charge in [-0.05, 0) is 37.0 Å². The van der Waals surface area contributed by atoms with Crippen molar-refractivity contribution in [2.45, 2.75) is 19.3 Å². The third-order valence-corrected chi connectivity index (χ3v) is 3.77. The summed E-state index contributed by atoms with van der Waals surface area (Å²) in [5.74, 6) is 0.799. The highest BCUT2D eigenvalue weighted by molar-refractivity contribution is 5.97. The van der Waals surface area contributed by atoms with Gasteiger partial charge >= 0.3 is 0 Å². The van der Waals surface area contributed by atoms with Crippen LogP contribution in [0.1, 0.15) is 29.6 Å². The number of imidazole rings is 1. The number of hydrogen-bond donors (Lipinski definition) is 1. The Morgan fingerprint density at radius 2 is 2.33 bits per heavy atom. The lowest BCUT2D eigenvalue weighted by molar-refractivity contribution is 0.0745. The number of nitrogens with one attached hydrogen (secondary N) is 1. The monoisotopic (exact) mass is 243 g/mol. The minimum absolute atomic E-state index is 0.0957. The summed E-state index contributed by atoms with van der Waals surface area (Å²) < 4.78 is 0. The lowest BCUT2D eigenvalue weighted by atomic mass is 9.85. The molecule has 18 heavy (non-hydrogen) atoms. The van der Waals surface area contributed by atoms with Gasteiger partial charge in [0.2, 0.25) is 0 Å². The van der Waals surface area contributed by atoms with Gasteiger partial charge < -0.3 is 9.88 Å². The third-order valence-electron chi connectivity index (χ3n) is 3.77. The van der Waals surface area contributed by atoms with E-state index >= 15 is 0 Å². The Balaban J connectivity index is 1.77. The van der Waals surface area contributed by atoms with Crippen LogP contribution in [-0.2, 0) is 0 Å². The van der Waals surface area contributed by atoms with E-state index in [2.05, 4.69) is 9.97 Å². The molecule has 0 radical (unpaired) electrons. The van der Waals surface area contributed by atoms with Crippen LogP contribution in [0.5, 0.6) is 0 Å². The highest BCUT2D eigenvalue weighted by Gasteiger charge is 2.22. The van der Waals surface area contributed by atoms with Gasteiger partial charge in [-0.3, -0.25) is 4.79 Å². The van der Waals surface area contributed by atoms with Crippen LogP contribution in [0.15, 0.2) is 24.5 Å². The first-order valence-electron chi connectivity index (χ1n) is 6.42. The van der Waals surface area contributed by atoms with Crippen molar-refractivity contribution in [1.82, 2.24) is 14.9 Å². The fourth-order valence-electron chi connectivity index (χ4n) is 2.43. The molecule has 1 heterocycles. The first kappa shape index (κ1) is 11.3. The van der Waals surface area contributed by atoms with Gasteiger partial charge in [-0.15, -0.1) is 0 Å². The normalized spacial score (nSPS) is 15.6. The number of nitrogens with zero attached hydrogens (tertiary/aromatic N) is 2. The highest BCUT2D eigenvalue weighted by atomic mass is 16.2. The van der Waals surface area contributed by atoms with E-state index in [0.717, 1.165) is 23.1 Å². The van der Waals surface area contributed by atoms with E-state index in [1.165, 1.54) is 19.3 Å². The maximum atomic E-state index is 12.3. The van der Waals surface area contributed by atoms with Crippen LogP contribution in [0.25, 0.3) is 11.0 Å². The average Bonchev–Trinajstić information content (AvgIpc) is 2.79. The zero-order chi connectivity index (χ0) is 12.5. The number of aromatic amines is 1. The minimum atomic E-state index is 0.0957. The van der Waals surface area contributed by atoms with Crippen molar-refractivity contribution >= 4 is 16.9 Å². The minimum Gasteiger partial charge on any atom is -0.345 e. The maximum absolute atomic E-state index is 12.3. The van der Waals surface area contributed by atoms with Gasteiger partial charge in [-0.2, -0.15) is 0 Å². The van der Waals surface area contributed by atoms with Gasteiger partial charge in [-0.1, -0.05) is 6.42 Å². The van der Waals surface area contributed by atoms with Crippen molar-refractivity contribution in [3.05, 3.63) is 30.1 Å². The van der Waals surface area contributed by atoms with Crippen molar-refractivity contribution < 1.29 is 4.79 Å². The molecule has 1 aliphatic carbocycles. The first-order valence-corrected chi connectivity index (χ1v) is 6.42. The van der Waals surface area contributed by atoms with E-state index in [9.17, 15) is 4.79 Å². The molecule has 1 aromatic carbocycles. The summed E-state index contributed by atoms with van der Waals surface area (Å²) in [6.45, 7) is 0.875. The molecule has 0 saturated heterocycles. The zero-order valence-corrected chi connectivity index (χ0v) is 10.5. The molecule has 1 saturated carbocycles. The Kier molecular flexibility index (Phi) is 2.78. The maximum Gasteiger partial charge on any atom is 0.253 e. The second-order valence-electron chi connectivity index (χ2n) is 5.12. The number of fused-ring (bicyclic) bond motifs is 1. The summed E-state index contributed by atoms with van der Waals surface area (Å²) in [7, 11) is 1.89. The Morgan fingerprint density at radius 3 is 3.06 bits per heavy atom. The number of carbonyl (C=O) groups excluding carboxylic acids is 1. The summed E-state index contributed by atoms with van der Waals surface area (Å²) >= 11 is 0. The lowest BCUT2D eigenvalue weighted by Crippen LogP contribution is -2.34. The van der Waals surface area contributed by atoms with Crippen molar-refractivity contribution in [3.63, 3.8) is 0 Å². The van der Waals surface area contributed by atoms with E-state index < -0.39 is 0 Å². The molecule has 1 amide bonds. The zero-order valence-electron chi connectivity index (χ0n) is 10.5. The first-order chi connectivity index (χ1) is 8.74. The molecule has 0 aliphatic heterocycles. The summed E-state index contributed by atoms with van der Waals surface area (Å²) in [4.78, 5) is 21.3. The van der Waals surface area contributed by atoms with E-state index in [0.29, 0.717) is 5.92 Å². The molecule has 4 heteroatoms. The van der Waals surface area contributed by atoms with Gasteiger partial charge in [0.1, 0.15) is 0 Å². The predicted molar refractivity (Wildman–Crippen MR) is 70.4 cm³/mol. The Labute approximate surface area is 106 Å². The van der Waals surface area contributed by atoms with Crippen LogP contribution in [0.4, 0.5) is 0 Å². The number of H-pyrrole nitrogens is 1. The molecule has 4 nitrogen and oxygen atoms in total. The van der Waals surface area contributed by atoms with Crippen LogP contribution in [0.2, 0.25) is 0 Å². The average molecular weight is 243 g/mol. The standard InChI is InChI=1S/C14H17N3O/c1-17(8-10-3-2-4-10)14(18)11-5-6-12-13(7-11)16-9-15-12/h5-7,9-10H,2-4,8H2,1H3,(H,15,16). The summed E-state index contributed by atoms with van der Waals surface area (Å²) in [6, 6.07) is 5.61. The van der Waals surface area contributed by atoms with Gasteiger partial charge in [0.15, 0.2) is 0 Å². The number of carbonyl (C=O) groups is 1. The molecule has 0 unspecified atom stereocenters. The molecular formula is C14H17N3O. The van der Waals surface area contributed by atoms with E-state index in [-0.39, 0.29) is 5.91 Å². The van der Waals surface area contributed by atoms with Crippen LogP contribution < -0.4 is 0 Å². The SMILES string of the molecule is CN(CC1CCC1)C(=O)c1ccc2nc[nH]c2c1. The molecular weight excluding hydrogens is 226 g/mol. The smallest absolute Gasteiger partial charge is 0.253 e. The van der Waals surface area contributed by atoms with Gasteiger partial charge in [0, 0.05) is 19.2 Å². The van der Waals surface area contributed by atoms with Crippen molar-refractivity contribution in [2.24, 2.45) is 5.92 Å². The van der Waals surface area contributed by atoms with E-state index in [4.69, 9.17) is 0 Å². The molecule has 2 aromatic rings. The highest BCUT2D eigenvalue weighted by Crippen LogP contribution is 2.27. The summed E-state index contributed by atoms with van der Waals surface area (Å²) in [5, 5.41) is 0. The number of aromatic nitrogens is 2. The molecule has 0 atom stereocenters. The van der Waals surface area contributed by atoms with Gasteiger partial charge in [-0.25, -0.2) is 4.98 Å². The Bertz CT molecular complexity index is 571. The lowest BCUT2D eigenvalue weighted by Gasteiger charge is -2.30. The molecule has 1 N–H and O–H groups in total. The van der Waals surface area contributed by atoms with Gasteiger partial charge in [0.05, 0.1) is 17.4 Å². The fourth-order valence-corrected chi connectivity index (χ4v) is 2.43. The number of amides is 1. The third kappa shape index (κ3) is 1.98. The topological polar surface area (TPSA) is 49.0 Å². The number of benzene rings is 1. The quantitative estimate of drug-likeness (QED) is 0.900. The van der Waals surface area contributed by atoms with Crippen LogP contribution in [0, 0.1) is 5.92 Å². The second-order valence-corrected chi connectivity index (χ2v) is 5.12. The molecule has 1 fully saturated rings. The number of hydrogen-bond acceptors (Lipinski definition) is 2. The largest absolute Gasteiger partial charge is 0.345 e. The Morgan fingerprint density at radius 1 is 1.50 bits per heavy atom. The van der Waals surface area contributed by atoms with Crippen LogP contribution in [0.3, 0.4) is 0 Å². The van der Waals surface area contributed by atoms with E-state index in [1.807, 2.05) is 30.1 Å². The van der Waals surface area contributed by atoms with Gasteiger partial charge in [0.25, 0.3) is 5.91 Å². The molecule has 1 aliphatic rings. The van der Waals surface area contributed by atoms with Crippen molar-refractivity contribution in [3.8, 4) is 0 Å². The molecule has 0 bridgehead atoms. The summed E-state index contributed by atoms with van der Waals surface area (Å²) in [6.07, 6.45) is 5.48.